The van der Waals surface area contributed by atoms with Gasteiger partial charge in [-0.15, -0.1) is 0 Å². The van der Waals surface area contributed by atoms with Crippen LogP contribution in [0.15, 0.2) is 77.2 Å². The van der Waals surface area contributed by atoms with Gasteiger partial charge in [-0.1, -0.05) is 55.6 Å². The zero-order valence-electron chi connectivity index (χ0n) is 24.4. The summed E-state index contributed by atoms with van der Waals surface area (Å²) in [5.41, 5.74) is 3.39. The van der Waals surface area contributed by atoms with E-state index in [1.807, 2.05) is 55.1 Å². The normalized spacial score (nSPS) is 17.8. The van der Waals surface area contributed by atoms with Gasteiger partial charge in [-0.25, -0.2) is 8.96 Å². The van der Waals surface area contributed by atoms with Crippen molar-refractivity contribution in [3.8, 4) is 22.4 Å². The molecule has 0 N–H and O–H groups in total. The summed E-state index contributed by atoms with van der Waals surface area (Å²) in [5.74, 6) is -1.87. The van der Waals surface area contributed by atoms with Crippen LogP contribution in [-0.2, 0) is 7.05 Å². The Hall–Kier alpha value is -3.46. The van der Waals surface area contributed by atoms with Gasteiger partial charge in [0.15, 0.2) is 6.20 Å². The van der Waals surface area contributed by atoms with Gasteiger partial charge in [-0.05, 0) is 60.5 Å². The smallest absolute Gasteiger partial charge is 0.216 e. The summed E-state index contributed by atoms with van der Waals surface area (Å²) in [6.45, 7) is 1.99. The van der Waals surface area contributed by atoms with E-state index in [1.54, 1.807) is 6.07 Å². The molecule has 3 aromatic carbocycles. The maximum Gasteiger partial charge on any atom is 0.216 e. The number of hydrogen-bond donors (Lipinski definition) is 0. The second kappa shape index (κ2) is 8.39. The molecule has 1 fully saturated rings. The second-order valence-electron chi connectivity index (χ2n) is 9.15. The van der Waals surface area contributed by atoms with E-state index in [9.17, 15) is 0 Å². The van der Waals surface area contributed by atoms with Crippen LogP contribution in [0.4, 0.5) is 4.39 Å². The summed E-state index contributed by atoms with van der Waals surface area (Å²) in [6.07, 6.45) is 5.50. The molecule has 34 heavy (non-hydrogen) atoms. The molecule has 1 aliphatic rings. The van der Waals surface area contributed by atoms with Crippen molar-refractivity contribution in [3.63, 3.8) is 0 Å². The number of pyridine rings is 1. The Balaban J connectivity index is 1.67. The van der Waals surface area contributed by atoms with E-state index in [2.05, 4.69) is 0 Å². The molecule has 0 aliphatic heterocycles. The van der Waals surface area contributed by atoms with Crippen molar-refractivity contribution < 1.29 is 20.2 Å². The van der Waals surface area contributed by atoms with Crippen LogP contribution in [0.3, 0.4) is 0 Å². The van der Waals surface area contributed by atoms with E-state index in [0.29, 0.717) is 23.8 Å². The van der Waals surface area contributed by atoms with Crippen molar-refractivity contribution in [2.45, 2.75) is 44.9 Å². The Morgan fingerprint density at radius 3 is 2.35 bits per heavy atom. The Morgan fingerprint density at radius 1 is 0.912 bits per heavy atom. The van der Waals surface area contributed by atoms with Crippen LogP contribution in [-0.4, -0.2) is 0 Å². The maximum atomic E-state index is 15.7. The molecule has 2 aromatic heterocycles. The molecule has 5 aromatic rings. The Labute approximate surface area is 206 Å². The summed E-state index contributed by atoms with van der Waals surface area (Å²) >= 11 is 0. The summed E-state index contributed by atoms with van der Waals surface area (Å²) in [6, 6.07) is 11.5. The molecule has 6 rings (SSSR count). The molecule has 3 heteroatoms. The van der Waals surface area contributed by atoms with Gasteiger partial charge in [0.1, 0.15) is 24.0 Å². The number of halogens is 1. The van der Waals surface area contributed by atoms with Crippen LogP contribution < -0.4 is 4.57 Å². The van der Waals surface area contributed by atoms with Gasteiger partial charge < -0.3 is 4.42 Å². The van der Waals surface area contributed by atoms with Crippen molar-refractivity contribution in [2.75, 3.05) is 0 Å². The van der Waals surface area contributed by atoms with E-state index in [1.165, 1.54) is 6.07 Å². The molecule has 2 heterocycles. The summed E-state index contributed by atoms with van der Waals surface area (Å²) in [7, 11) is 1.94. The van der Waals surface area contributed by atoms with Crippen molar-refractivity contribution in [2.24, 2.45) is 7.05 Å². The molecule has 170 valence electrons. The van der Waals surface area contributed by atoms with E-state index in [-0.39, 0.29) is 46.4 Å². The first-order valence-corrected chi connectivity index (χ1v) is 11.8. The molecular weight excluding hydrogens is 421 g/mol. The lowest BCUT2D eigenvalue weighted by Gasteiger charge is -2.22. The zero-order valence-corrected chi connectivity index (χ0v) is 19.4. The van der Waals surface area contributed by atoms with Crippen LogP contribution in [0, 0.1) is 12.7 Å². The molecule has 2 nitrogen and oxygen atoms in total. The number of rotatable bonds is 3. The van der Waals surface area contributed by atoms with Gasteiger partial charge in [0.2, 0.25) is 5.69 Å². The molecule has 0 radical (unpaired) electrons. The van der Waals surface area contributed by atoms with Crippen LogP contribution in [0.25, 0.3) is 44.3 Å². The molecule has 0 atom stereocenters. The van der Waals surface area contributed by atoms with Gasteiger partial charge in [-0.3, -0.25) is 0 Å². The SMILES string of the molecule is [2H]c1c([2H])c(C2([2H])CCCCC2)c([2H])c([2H])c1-c1c(F)ccc2c1oc1c(-c3cccc[n+]3C)c(C)ccc12. The van der Waals surface area contributed by atoms with E-state index in [0.717, 1.165) is 41.5 Å². The lowest BCUT2D eigenvalue weighted by molar-refractivity contribution is -0.660. The zero-order chi connectivity index (χ0) is 27.6. The Bertz CT molecular complexity index is 1760. The van der Waals surface area contributed by atoms with Crippen molar-refractivity contribution in [1.29, 1.82) is 0 Å². The average molecular weight is 456 g/mol. The minimum atomic E-state index is -1.18. The highest BCUT2D eigenvalue weighted by atomic mass is 19.1. The van der Waals surface area contributed by atoms with Crippen molar-refractivity contribution in [3.05, 3.63) is 89.8 Å². The second-order valence-corrected chi connectivity index (χ2v) is 9.15. The summed E-state index contributed by atoms with van der Waals surface area (Å²) < 4.78 is 68.4. The maximum absolute atomic E-state index is 15.7. The largest absolute Gasteiger partial charge is 0.454 e. The minimum absolute atomic E-state index is 0.0871. The molecule has 0 saturated heterocycles. The quantitative estimate of drug-likeness (QED) is 0.250. The fourth-order valence-corrected chi connectivity index (χ4v) is 5.16. The first-order chi connectivity index (χ1) is 18.6. The van der Waals surface area contributed by atoms with E-state index >= 15 is 4.39 Å². The Kier molecular flexibility index (Phi) is 4.00. The minimum Gasteiger partial charge on any atom is -0.454 e. The number of aromatic nitrogens is 1. The van der Waals surface area contributed by atoms with Crippen LogP contribution in [0.2, 0.25) is 0 Å². The van der Waals surface area contributed by atoms with Gasteiger partial charge >= 0.3 is 0 Å². The van der Waals surface area contributed by atoms with Crippen LogP contribution in [0.1, 0.15) is 56.0 Å². The number of hydrogen-bond acceptors (Lipinski definition) is 1. The number of benzene rings is 3. The van der Waals surface area contributed by atoms with Crippen molar-refractivity contribution >= 4 is 21.9 Å². The van der Waals surface area contributed by atoms with Gasteiger partial charge in [0, 0.05) is 24.3 Å². The predicted molar refractivity (Wildman–Crippen MR) is 136 cm³/mol. The van der Waals surface area contributed by atoms with Crippen LogP contribution in [0.5, 0.6) is 0 Å². The number of nitrogens with zero attached hydrogens (tertiary/aromatic N) is 1. The average Bonchev–Trinajstić information content (AvgIpc) is 3.28. The fraction of sp³-hybridized carbons (Fsp3) is 0.258. The number of furan rings is 1. The standard InChI is InChI=1S/C31H29FNO/c1-20-11-16-24-25-17-18-26(32)29(23-14-12-22(13-15-23)21-8-4-3-5-9-21)31(25)34-30(24)28(20)27-10-6-7-19-33(27)2/h6-7,10-19,21H,3-5,8-9H2,1-2H3/q+1/i12D,13D,14D,15D,21D. The van der Waals surface area contributed by atoms with Crippen LogP contribution >= 0.6 is 0 Å². The highest BCUT2D eigenvalue weighted by Crippen LogP contribution is 2.42. The number of fused-ring (bicyclic) bond motifs is 3. The van der Waals surface area contributed by atoms with E-state index in [4.69, 9.17) is 11.3 Å². The third-order valence-electron chi connectivity index (χ3n) is 6.96. The monoisotopic (exact) mass is 455 g/mol. The first-order valence-electron chi connectivity index (χ1n) is 14.3. The van der Waals surface area contributed by atoms with Gasteiger partial charge in [-0.2, -0.15) is 0 Å². The third kappa shape index (κ3) is 3.42. The lowest BCUT2D eigenvalue weighted by atomic mass is 9.83. The Morgan fingerprint density at radius 2 is 1.62 bits per heavy atom. The fourth-order valence-electron chi connectivity index (χ4n) is 5.16. The van der Waals surface area contributed by atoms with E-state index < -0.39 is 11.7 Å². The highest BCUT2D eigenvalue weighted by Gasteiger charge is 2.23. The lowest BCUT2D eigenvalue weighted by Crippen LogP contribution is -2.30. The molecular formula is C31H29FNO+. The molecule has 0 unspecified atom stereocenters. The molecule has 1 saturated carbocycles. The van der Waals surface area contributed by atoms with Gasteiger partial charge in [0.05, 0.1) is 16.6 Å². The summed E-state index contributed by atoms with van der Waals surface area (Å²) in [5, 5.41) is 1.40. The van der Waals surface area contributed by atoms with Crippen molar-refractivity contribution in [1.82, 2.24) is 0 Å². The molecule has 1 aliphatic carbocycles. The first kappa shape index (κ1) is 16.2. The topological polar surface area (TPSA) is 17.0 Å². The predicted octanol–water partition coefficient (Wildman–Crippen LogP) is 8.24. The highest BCUT2D eigenvalue weighted by molar-refractivity contribution is 6.13. The third-order valence-corrected chi connectivity index (χ3v) is 6.96. The molecule has 0 bridgehead atoms. The molecule has 0 amide bonds. The van der Waals surface area contributed by atoms with Gasteiger partial charge in [0.25, 0.3) is 0 Å². The number of aryl methyl sites for hydroxylation is 2. The summed E-state index contributed by atoms with van der Waals surface area (Å²) in [4.78, 5) is 0. The molecule has 0 spiro atoms.